The number of hydrogen-bond acceptors (Lipinski definition) is 5. The summed E-state index contributed by atoms with van der Waals surface area (Å²) in [6, 6.07) is 0. The number of aliphatic hydroxyl groups excluding tert-OH is 2. The maximum atomic E-state index is 10.3. The van der Waals surface area contributed by atoms with Crippen molar-refractivity contribution in [2.24, 2.45) is 0 Å². The second-order valence-electron chi connectivity index (χ2n) is 3.49. The SMILES string of the molecule is CC1(C)OC[C@@H](O)[C@H]([C@H](O)C=O)O1. The van der Waals surface area contributed by atoms with Crippen LogP contribution in [0.2, 0.25) is 0 Å². The van der Waals surface area contributed by atoms with Gasteiger partial charge < -0.3 is 24.5 Å². The summed E-state index contributed by atoms with van der Waals surface area (Å²) >= 11 is 0. The first-order chi connectivity index (χ1) is 5.96. The molecule has 0 aromatic carbocycles. The number of rotatable bonds is 2. The minimum absolute atomic E-state index is 0.0581. The van der Waals surface area contributed by atoms with Crippen LogP contribution in [0.1, 0.15) is 13.8 Å². The molecule has 13 heavy (non-hydrogen) atoms. The lowest BCUT2D eigenvalue weighted by molar-refractivity contribution is -0.314. The molecular formula is C8H14O5. The molecular weight excluding hydrogens is 176 g/mol. The average Bonchev–Trinajstić information content (AvgIpc) is 2.08. The third kappa shape index (κ3) is 2.47. The minimum atomic E-state index is -1.31. The molecule has 1 rings (SSSR count). The van der Waals surface area contributed by atoms with Crippen molar-refractivity contribution in [3.05, 3.63) is 0 Å². The Hall–Kier alpha value is -0.490. The zero-order valence-corrected chi connectivity index (χ0v) is 7.64. The monoisotopic (exact) mass is 190 g/mol. The van der Waals surface area contributed by atoms with Gasteiger partial charge >= 0.3 is 0 Å². The predicted molar refractivity (Wildman–Crippen MR) is 43.0 cm³/mol. The van der Waals surface area contributed by atoms with Crippen LogP contribution in [0.5, 0.6) is 0 Å². The molecule has 1 aliphatic heterocycles. The number of carbonyl (C=O) groups is 1. The zero-order chi connectivity index (χ0) is 10.1. The molecule has 0 unspecified atom stereocenters. The molecule has 1 heterocycles. The molecule has 2 N–H and O–H groups in total. The summed E-state index contributed by atoms with van der Waals surface area (Å²) in [6.45, 7) is 3.37. The summed E-state index contributed by atoms with van der Waals surface area (Å²) in [5.41, 5.74) is 0. The first-order valence-electron chi connectivity index (χ1n) is 4.09. The molecule has 1 saturated heterocycles. The van der Waals surface area contributed by atoms with Crippen molar-refractivity contribution >= 4 is 6.29 Å². The predicted octanol–water partition coefficient (Wildman–Crippen LogP) is -0.941. The normalized spacial score (nSPS) is 35.4. The Kier molecular flexibility index (Phi) is 3.02. The highest BCUT2D eigenvalue weighted by atomic mass is 16.7. The molecule has 0 amide bonds. The average molecular weight is 190 g/mol. The van der Waals surface area contributed by atoms with Crippen LogP contribution in [0, 0.1) is 0 Å². The Morgan fingerprint density at radius 1 is 1.62 bits per heavy atom. The maximum absolute atomic E-state index is 10.3. The Morgan fingerprint density at radius 2 is 2.23 bits per heavy atom. The summed E-state index contributed by atoms with van der Waals surface area (Å²) < 4.78 is 10.3. The standard InChI is InChI=1S/C8H14O5/c1-8(2)12-4-6(11)7(13-8)5(10)3-9/h3,5-7,10-11H,4H2,1-2H3/t5-,6-,7+/m1/s1. The van der Waals surface area contributed by atoms with E-state index in [0.29, 0.717) is 6.29 Å². The first-order valence-corrected chi connectivity index (χ1v) is 4.09. The first kappa shape index (κ1) is 10.6. The molecule has 1 aliphatic rings. The van der Waals surface area contributed by atoms with Crippen LogP contribution in [0.15, 0.2) is 0 Å². The smallest absolute Gasteiger partial charge is 0.163 e. The van der Waals surface area contributed by atoms with E-state index in [-0.39, 0.29) is 6.61 Å². The van der Waals surface area contributed by atoms with Gasteiger partial charge in [-0.3, -0.25) is 0 Å². The highest BCUT2D eigenvalue weighted by Crippen LogP contribution is 2.23. The second-order valence-corrected chi connectivity index (χ2v) is 3.49. The maximum Gasteiger partial charge on any atom is 0.163 e. The van der Waals surface area contributed by atoms with Gasteiger partial charge in [0, 0.05) is 0 Å². The lowest BCUT2D eigenvalue weighted by atomic mass is 10.1. The summed E-state index contributed by atoms with van der Waals surface area (Å²) in [4.78, 5) is 10.3. The van der Waals surface area contributed by atoms with Crippen molar-refractivity contribution in [3.63, 3.8) is 0 Å². The molecule has 3 atom stereocenters. The van der Waals surface area contributed by atoms with Crippen LogP contribution in [-0.4, -0.2) is 47.2 Å². The van der Waals surface area contributed by atoms with E-state index in [2.05, 4.69) is 0 Å². The molecule has 0 aliphatic carbocycles. The highest BCUT2D eigenvalue weighted by Gasteiger charge is 2.39. The molecule has 0 aromatic rings. The number of aliphatic hydroxyl groups is 2. The second kappa shape index (κ2) is 3.71. The Balaban J connectivity index is 2.65. The molecule has 5 nitrogen and oxygen atoms in total. The van der Waals surface area contributed by atoms with Crippen molar-refractivity contribution in [2.45, 2.75) is 37.9 Å². The van der Waals surface area contributed by atoms with E-state index in [9.17, 15) is 15.0 Å². The zero-order valence-electron chi connectivity index (χ0n) is 7.64. The molecule has 0 aromatic heterocycles. The molecule has 1 fully saturated rings. The van der Waals surface area contributed by atoms with Gasteiger partial charge in [0.1, 0.15) is 18.3 Å². The largest absolute Gasteiger partial charge is 0.388 e. The Morgan fingerprint density at radius 3 is 2.77 bits per heavy atom. The molecule has 76 valence electrons. The number of hydrogen-bond donors (Lipinski definition) is 2. The fourth-order valence-corrected chi connectivity index (χ4v) is 1.20. The van der Waals surface area contributed by atoms with E-state index < -0.39 is 24.1 Å². The van der Waals surface area contributed by atoms with E-state index in [0.717, 1.165) is 0 Å². The molecule has 0 radical (unpaired) electrons. The fraction of sp³-hybridized carbons (Fsp3) is 0.875. The van der Waals surface area contributed by atoms with Crippen molar-refractivity contribution in [3.8, 4) is 0 Å². The summed E-state index contributed by atoms with van der Waals surface area (Å²) in [5, 5.41) is 18.5. The van der Waals surface area contributed by atoms with Crippen molar-refractivity contribution < 1.29 is 24.5 Å². The van der Waals surface area contributed by atoms with E-state index >= 15 is 0 Å². The lowest BCUT2D eigenvalue weighted by Gasteiger charge is -2.39. The van der Waals surface area contributed by atoms with Gasteiger partial charge in [-0.15, -0.1) is 0 Å². The van der Waals surface area contributed by atoms with Crippen LogP contribution >= 0.6 is 0 Å². The highest BCUT2D eigenvalue weighted by molar-refractivity contribution is 5.56. The van der Waals surface area contributed by atoms with Gasteiger partial charge in [-0.05, 0) is 13.8 Å². The third-order valence-corrected chi connectivity index (χ3v) is 1.88. The topological polar surface area (TPSA) is 76.0 Å². The van der Waals surface area contributed by atoms with Gasteiger partial charge in [0.2, 0.25) is 0 Å². The third-order valence-electron chi connectivity index (χ3n) is 1.88. The summed E-state index contributed by atoms with van der Waals surface area (Å²) in [7, 11) is 0. The van der Waals surface area contributed by atoms with Gasteiger partial charge in [0.25, 0.3) is 0 Å². The van der Waals surface area contributed by atoms with Gasteiger partial charge in [0.15, 0.2) is 12.1 Å². The Bertz CT molecular complexity index is 191. The minimum Gasteiger partial charge on any atom is -0.388 e. The van der Waals surface area contributed by atoms with Crippen molar-refractivity contribution in [2.75, 3.05) is 6.61 Å². The van der Waals surface area contributed by atoms with Gasteiger partial charge in [-0.25, -0.2) is 0 Å². The van der Waals surface area contributed by atoms with E-state index in [4.69, 9.17) is 9.47 Å². The van der Waals surface area contributed by atoms with Crippen LogP contribution in [0.25, 0.3) is 0 Å². The van der Waals surface area contributed by atoms with Crippen LogP contribution < -0.4 is 0 Å². The molecule has 5 heteroatoms. The quantitative estimate of drug-likeness (QED) is 0.549. The molecule has 0 saturated carbocycles. The van der Waals surface area contributed by atoms with Gasteiger partial charge in [0.05, 0.1) is 6.61 Å². The summed E-state index contributed by atoms with van der Waals surface area (Å²) in [6.07, 6.45) is -2.83. The summed E-state index contributed by atoms with van der Waals surface area (Å²) in [5.74, 6) is -0.867. The van der Waals surface area contributed by atoms with E-state index in [1.54, 1.807) is 13.8 Å². The van der Waals surface area contributed by atoms with E-state index in [1.807, 2.05) is 0 Å². The van der Waals surface area contributed by atoms with Crippen LogP contribution in [0.4, 0.5) is 0 Å². The van der Waals surface area contributed by atoms with Crippen LogP contribution in [0.3, 0.4) is 0 Å². The van der Waals surface area contributed by atoms with Crippen LogP contribution in [-0.2, 0) is 14.3 Å². The Labute approximate surface area is 76.3 Å². The van der Waals surface area contributed by atoms with Gasteiger partial charge in [-0.2, -0.15) is 0 Å². The van der Waals surface area contributed by atoms with Crippen molar-refractivity contribution in [1.82, 2.24) is 0 Å². The number of ether oxygens (including phenoxy) is 2. The molecule has 0 spiro atoms. The molecule has 0 bridgehead atoms. The van der Waals surface area contributed by atoms with E-state index in [1.165, 1.54) is 0 Å². The fourth-order valence-electron chi connectivity index (χ4n) is 1.20. The number of carbonyl (C=O) groups excluding carboxylic acids is 1. The van der Waals surface area contributed by atoms with Gasteiger partial charge in [-0.1, -0.05) is 0 Å². The van der Waals surface area contributed by atoms with Crippen molar-refractivity contribution in [1.29, 1.82) is 0 Å². The number of aldehydes is 1. The lowest BCUT2D eigenvalue weighted by Crippen LogP contribution is -2.53.